The summed E-state index contributed by atoms with van der Waals surface area (Å²) in [6, 6.07) is 68.2. The molecule has 1 fully saturated rings. The van der Waals surface area contributed by atoms with E-state index >= 15 is 0 Å². The second-order valence-electron chi connectivity index (χ2n) is 12.8. The van der Waals surface area contributed by atoms with Gasteiger partial charge in [-0.25, -0.2) is 4.44 Å². The first-order valence-electron chi connectivity index (χ1n) is 17.5. The van der Waals surface area contributed by atoms with Crippen LogP contribution in [0.2, 0.25) is 0 Å². The van der Waals surface area contributed by atoms with Gasteiger partial charge >= 0.3 is 0 Å². The third-order valence-corrected chi connectivity index (χ3v) is 17.5. The number of benzene rings is 6. The highest BCUT2D eigenvalue weighted by molar-refractivity contribution is 7.84. The lowest BCUT2D eigenvalue weighted by atomic mass is 9.86. The summed E-state index contributed by atoms with van der Waals surface area (Å²) in [4.78, 5) is 0. The Morgan fingerprint density at radius 2 is 0.735 bits per heavy atom. The molecule has 2 nitrogen and oxygen atoms in total. The molecule has 7 rings (SSSR count). The first-order valence-corrected chi connectivity index (χ1v) is 21.4. The maximum Gasteiger partial charge on any atom is 0.0323 e. The molecule has 0 aliphatic heterocycles. The SMILES string of the molecule is CN(C1CCCC(CN(P(c2ccccc2)c2ccccc2)P(c2ccccc2)c2ccccc2)C1)P(c1ccccc1)c1ccccc1. The van der Waals surface area contributed by atoms with E-state index < -0.39 is 24.2 Å². The molecule has 5 heteroatoms. The van der Waals surface area contributed by atoms with Gasteiger partial charge in [0.2, 0.25) is 0 Å². The molecule has 2 unspecified atom stereocenters. The van der Waals surface area contributed by atoms with Gasteiger partial charge in [0.25, 0.3) is 0 Å². The fourth-order valence-corrected chi connectivity index (χ4v) is 15.9. The van der Waals surface area contributed by atoms with Crippen molar-refractivity contribution in [2.24, 2.45) is 5.92 Å². The van der Waals surface area contributed by atoms with Crippen LogP contribution in [-0.2, 0) is 0 Å². The van der Waals surface area contributed by atoms with Crippen LogP contribution in [0.5, 0.6) is 0 Å². The van der Waals surface area contributed by atoms with Gasteiger partial charge in [-0.1, -0.05) is 188 Å². The number of rotatable bonds is 12. The quantitative estimate of drug-likeness (QED) is 0.118. The molecule has 0 heterocycles. The lowest BCUT2D eigenvalue weighted by Crippen LogP contribution is -2.40. The smallest absolute Gasteiger partial charge is 0.0323 e. The summed E-state index contributed by atoms with van der Waals surface area (Å²) in [5.41, 5.74) is 0. The van der Waals surface area contributed by atoms with Crippen molar-refractivity contribution in [1.29, 1.82) is 0 Å². The summed E-state index contributed by atoms with van der Waals surface area (Å²) in [7, 11) is 0.210. The van der Waals surface area contributed by atoms with Crippen molar-refractivity contribution in [3.05, 3.63) is 182 Å². The van der Waals surface area contributed by atoms with Gasteiger partial charge in [-0.05, 0) is 64.1 Å². The molecule has 1 aliphatic rings. The Balaban J connectivity index is 1.28. The Labute approximate surface area is 297 Å². The van der Waals surface area contributed by atoms with Gasteiger partial charge in [-0.15, -0.1) is 0 Å². The molecule has 2 atom stereocenters. The van der Waals surface area contributed by atoms with Crippen LogP contribution in [0.4, 0.5) is 0 Å². The fourth-order valence-electron chi connectivity index (χ4n) is 7.17. The zero-order chi connectivity index (χ0) is 33.3. The zero-order valence-electron chi connectivity index (χ0n) is 28.2. The van der Waals surface area contributed by atoms with E-state index in [2.05, 4.69) is 198 Å². The number of hydrogen-bond acceptors (Lipinski definition) is 2. The highest BCUT2D eigenvalue weighted by Gasteiger charge is 2.36. The summed E-state index contributed by atoms with van der Waals surface area (Å²) in [6.45, 7) is 1.07. The third-order valence-electron chi connectivity index (χ3n) is 9.49. The van der Waals surface area contributed by atoms with Crippen molar-refractivity contribution in [2.75, 3.05) is 13.6 Å². The normalized spacial score (nSPS) is 16.5. The Kier molecular flexibility index (Phi) is 11.8. The lowest BCUT2D eigenvalue weighted by Gasteiger charge is -2.44. The molecular formula is C44H45N2P3. The van der Waals surface area contributed by atoms with Crippen molar-refractivity contribution in [3.8, 4) is 0 Å². The Hall–Kier alpha value is -3.47. The molecule has 0 amide bonds. The van der Waals surface area contributed by atoms with Gasteiger partial charge in [0.05, 0.1) is 0 Å². The Morgan fingerprint density at radius 1 is 0.429 bits per heavy atom. The van der Waals surface area contributed by atoms with Crippen molar-refractivity contribution in [2.45, 2.75) is 31.7 Å². The topological polar surface area (TPSA) is 6.48 Å². The van der Waals surface area contributed by atoms with Gasteiger partial charge in [-0.3, -0.25) is 4.67 Å². The van der Waals surface area contributed by atoms with Gasteiger partial charge in [0.15, 0.2) is 0 Å². The molecule has 1 saturated carbocycles. The average molecular weight is 695 g/mol. The van der Waals surface area contributed by atoms with E-state index in [1.54, 1.807) is 0 Å². The van der Waals surface area contributed by atoms with Crippen LogP contribution in [0.25, 0.3) is 0 Å². The highest BCUT2D eigenvalue weighted by Crippen LogP contribution is 2.55. The number of hydrogen-bond donors (Lipinski definition) is 0. The Bertz CT molecular complexity index is 1630. The van der Waals surface area contributed by atoms with Crippen molar-refractivity contribution >= 4 is 56.0 Å². The van der Waals surface area contributed by atoms with Crippen LogP contribution in [-0.4, -0.2) is 28.7 Å². The highest BCUT2D eigenvalue weighted by atomic mass is 31.2. The molecule has 0 radical (unpaired) electrons. The first kappa shape index (κ1) is 34.0. The minimum absolute atomic E-state index is 0.534. The second kappa shape index (κ2) is 17.0. The van der Waals surface area contributed by atoms with E-state index in [-0.39, 0.29) is 0 Å². The third kappa shape index (κ3) is 8.30. The minimum atomic E-state index is -0.788. The predicted molar refractivity (Wildman–Crippen MR) is 217 cm³/mol. The van der Waals surface area contributed by atoms with E-state index in [1.807, 2.05) is 0 Å². The molecule has 0 bridgehead atoms. The standard InChI is InChI=1S/C44H45N2P3/c1-45(47(39-23-8-2-9-24-39)40-25-10-3-11-26-40)38-22-20-21-37(35-38)36-46(48(41-27-12-4-13-28-41)42-29-14-5-15-30-42)49(43-31-16-6-17-32-43)44-33-18-7-19-34-44/h2-19,23-34,37-38H,20-22,35-36H2,1H3. The summed E-state index contributed by atoms with van der Waals surface area (Å²) in [5.74, 6) is 0.597. The molecule has 6 aromatic carbocycles. The van der Waals surface area contributed by atoms with E-state index in [4.69, 9.17) is 0 Å². The predicted octanol–water partition coefficient (Wildman–Crippen LogP) is 8.92. The molecular weight excluding hydrogens is 649 g/mol. The zero-order valence-corrected chi connectivity index (χ0v) is 30.9. The first-order chi connectivity index (χ1) is 24.3. The molecule has 0 saturated heterocycles. The van der Waals surface area contributed by atoms with Gasteiger partial charge < -0.3 is 0 Å². The van der Waals surface area contributed by atoms with Gasteiger partial charge in [0.1, 0.15) is 0 Å². The van der Waals surface area contributed by atoms with E-state index in [0.29, 0.717) is 12.0 Å². The summed E-state index contributed by atoms with van der Waals surface area (Å²) in [5, 5.41) is 8.55. The summed E-state index contributed by atoms with van der Waals surface area (Å²) in [6.07, 6.45) is 5.01. The second-order valence-corrected chi connectivity index (χ2v) is 19.6. The fraction of sp³-hybridized carbons (Fsp3) is 0.182. The van der Waals surface area contributed by atoms with Crippen LogP contribution in [0, 0.1) is 5.92 Å². The lowest BCUT2D eigenvalue weighted by molar-refractivity contribution is 0.227. The minimum Gasteiger partial charge on any atom is -0.275 e. The number of nitrogens with zero attached hydrogens (tertiary/aromatic N) is 2. The monoisotopic (exact) mass is 694 g/mol. The maximum atomic E-state index is 2.96. The van der Waals surface area contributed by atoms with E-state index in [9.17, 15) is 0 Å². The van der Waals surface area contributed by atoms with Crippen LogP contribution < -0.4 is 31.8 Å². The summed E-state index contributed by atoms with van der Waals surface area (Å²) < 4.78 is 5.72. The molecule has 0 spiro atoms. The van der Waals surface area contributed by atoms with Crippen LogP contribution in [0.3, 0.4) is 0 Å². The van der Waals surface area contributed by atoms with Crippen LogP contribution in [0.1, 0.15) is 25.7 Å². The molecule has 0 N–H and O–H groups in total. The van der Waals surface area contributed by atoms with E-state index in [0.717, 1.165) is 6.54 Å². The van der Waals surface area contributed by atoms with Crippen molar-refractivity contribution in [1.82, 2.24) is 9.11 Å². The molecule has 1 aliphatic carbocycles. The largest absolute Gasteiger partial charge is 0.275 e. The van der Waals surface area contributed by atoms with Crippen LogP contribution >= 0.6 is 24.2 Å². The van der Waals surface area contributed by atoms with Gasteiger partial charge in [0, 0.05) is 36.8 Å². The molecule has 0 aromatic heterocycles. The maximum absolute atomic E-state index is 2.96. The molecule has 6 aromatic rings. The van der Waals surface area contributed by atoms with E-state index in [1.165, 1.54) is 57.5 Å². The van der Waals surface area contributed by atoms with Crippen LogP contribution in [0.15, 0.2) is 182 Å². The Morgan fingerprint density at radius 3 is 1.06 bits per heavy atom. The average Bonchev–Trinajstić information content (AvgIpc) is 3.18. The van der Waals surface area contributed by atoms with Gasteiger partial charge in [-0.2, -0.15) is 0 Å². The van der Waals surface area contributed by atoms with Crippen molar-refractivity contribution in [3.63, 3.8) is 0 Å². The molecule has 246 valence electrons. The summed E-state index contributed by atoms with van der Waals surface area (Å²) >= 11 is 0. The van der Waals surface area contributed by atoms with Crippen molar-refractivity contribution < 1.29 is 0 Å². The molecule has 49 heavy (non-hydrogen) atoms.